The fraction of sp³-hybridized carbons (Fsp3) is 0.320. The highest BCUT2D eigenvalue weighted by Crippen LogP contribution is 2.47. The number of anilines is 1. The average molecular weight is 432 g/mol. The van der Waals surface area contributed by atoms with E-state index < -0.39 is 5.92 Å². The van der Waals surface area contributed by atoms with Gasteiger partial charge in [0.15, 0.2) is 0 Å². The first-order valence-corrected chi connectivity index (χ1v) is 11.7. The number of aromatic nitrogens is 1. The molecule has 1 aromatic carbocycles. The molecule has 6 heteroatoms. The number of aryl methyl sites for hydroxylation is 1. The molecule has 3 heterocycles. The van der Waals surface area contributed by atoms with Crippen LogP contribution in [0.15, 0.2) is 60.1 Å². The molecule has 2 aromatic heterocycles. The Balaban J connectivity index is 1.62. The zero-order valence-corrected chi connectivity index (χ0v) is 18.3. The number of rotatable bonds is 4. The molecule has 1 aliphatic carbocycles. The van der Waals surface area contributed by atoms with Gasteiger partial charge in [0.25, 0.3) is 5.91 Å². The molecular weight excluding hydrogens is 406 g/mol. The highest BCUT2D eigenvalue weighted by Gasteiger charge is 2.47. The molecule has 2 atom stereocenters. The van der Waals surface area contributed by atoms with E-state index in [1.165, 1.54) is 0 Å². The van der Waals surface area contributed by atoms with E-state index in [4.69, 9.17) is 0 Å². The number of pyridine rings is 1. The third kappa shape index (κ3) is 3.65. The molecule has 2 unspecified atom stereocenters. The van der Waals surface area contributed by atoms with Crippen molar-refractivity contribution in [3.63, 3.8) is 0 Å². The zero-order chi connectivity index (χ0) is 21.4. The first kappa shape index (κ1) is 19.9. The van der Waals surface area contributed by atoms with Gasteiger partial charge in [0, 0.05) is 22.7 Å². The van der Waals surface area contributed by atoms with Crippen molar-refractivity contribution in [1.82, 2.24) is 9.88 Å². The lowest BCUT2D eigenvalue weighted by molar-refractivity contribution is -0.119. The Hall–Kier alpha value is -2.99. The molecule has 3 aromatic rings. The normalized spacial score (nSPS) is 21.2. The average Bonchev–Trinajstić information content (AvgIpc) is 3.48. The van der Waals surface area contributed by atoms with Crippen LogP contribution in [0.1, 0.15) is 64.0 Å². The monoisotopic (exact) mass is 431 g/mol. The van der Waals surface area contributed by atoms with Gasteiger partial charge in [-0.1, -0.05) is 37.1 Å². The standard InChI is InChI=1S/C25H25N3O2S/c1-16-12-13-26-21(15-16)27-24(29)22-18-9-4-5-10-19(18)25(30)28(17-7-2-3-8-17)23(22)20-11-6-14-31-20/h4-6,9-15,17,22-23H,2-3,7-8H2,1H3,(H,26,27,29). The lowest BCUT2D eigenvalue weighted by atomic mass is 9.80. The van der Waals surface area contributed by atoms with Crippen LogP contribution in [-0.4, -0.2) is 27.7 Å². The Kier molecular flexibility index (Phi) is 5.32. The summed E-state index contributed by atoms with van der Waals surface area (Å²) in [4.78, 5) is 34.8. The van der Waals surface area contributed by atoms with Crippen molar-refractivity contribution in [2.45, 2.75) is 50.6 Å². The molecule has 1 aliphatic heterocycles. The molecule has 31 heavy (non-hydrogen) atoms. The van der Waals surface area contributed by atoms with Gasteiger partial charge >= 0.3 is 0 Å². The Morgan fingerprint density at radius 1 is 1.13 bits per heavy atom. The summed E-state index contributed by atoms with van der Waals surface area (Å²) in [6.45, 7) is 1.97. The maximum Gasteiger partial charge on any atom is 0.254 e. The fourth-order valence-electron chi connectivity index (χ4n) is 4.99. The molecule has 1 N–H and O–H groups in total. The maximum absolute atomic E-state index is 13.7. The molecule has 158 valence electrons. The van der Waals surface area contributed by atoms with Gasteiger partial charge in [0.1, 0.15) is 5.82 Å². The van der Waals surface area contributed by atoms with Crippen molar-refractivity contribution in [1.29, 1.82) is 0 Å². The predicted octanol–water partition coefficient (Wildman–Crippen LogP) is 5.31. The highest BCUT2D eigenvalue weighted by molar-refractivity contribution is 7.10. The Bertz CT molecular complexity index is 1110. The minimum atomic E-state index is -0.490. The molecule has 5 nitrogen and oxygen atoms in total. The smallest absolute Gasteiger partial charge is 0.254 e. The van der Waals surface area contributed by atoms with Crippen molar-refractivity contribution < 1.29 is 9.59 Å². The van der Waals surface area contributed by atoms with Crippen LogP contribution in [0.25, 0.3) is 0 Å². The maximum atomic E-state index is 13.7. The first-order valence-electron chi connectivity index (χ1n) is 10.8. The van der Waals surface area contributed by atoms with Crippen LogP contribution in [0.3, 0.4) is 0 Å². The van der Waals surface area contributed by atoms with Crippen LogP contribution in [-0.2, 0) is 4.79 Å². The van der Waals surface area contributed by atoms with Crippen molar-refractivity contribution in [2.75, 3.05) is 5.32 Å². The fourth-order valence-corrected chi connectivity index (χ4v) is 5.85. The minimum absolute atomic E-state index is 0.0404. The van der Waals surface area contributed by atoms with Crippen LogP contribution < -0.4 is 5.32 Å². The minimum Gasteiger partial charge on any atom is -0.327 e. The van der Waals surface area contributed by atoms with E-state index in [2.05, 4.69) is 10.3 Å². The van der Waals surface area contributed by atoms with E-state index in [1.54, 1.807) is 17.5 Å². The lowest BCUT2D eigenvalue weighted by Crippen LogP contribution is -2.49. The summed E-state index contributed by atoms with van der Waals surface area (Å²) in [5, 5.41) is 5.05. The quantitative estimate of drug-likeness (QED) is 0.609. The molecule has 1 saturated carbocycles. The molecule has 0 saturated heterocycles. The molecule has 0 spiro atoms. The van der Waals surface area contributed by atoms with Gasteiger partial charge in [0.2, 0.25) is 5.91 Å². The number of carbonyl (C=O) groups excluding carboxylic acids is 2. The number of hydrogen-bond acceptors (Lipinski definition) is 4. The molecule has 5 rings (SSSR count). The summed E-state index contributed by atoms with van der Waals surface area (Å²) < 4.78 is 0. The molecule has 1 fully saturated rings. The molecule has 2 aliphatic rings. The second-order valence-electron chi connectivity index (χ2n) is 8.38. The number of amides is 2. The van der Waals surface area contributed by atoms with Crippen LogP contribution in [0.5, 0.6) is 0 Å². The summed E-state index contributed by atoms with van der Waals surface area (Å²) >= 11 is 1.61. The summed E-state index contributed by atoms with van der Waals surface area (Å²) in [6.07, 6.45) is 5.92. The van der Waals surface area contributed by atoms with E-state index in [0.29, 0.717) is 11.4 Å². The van der Waals surface area contributed by atoms with E-state index in [1.807, 2.05) is 65.7 Å². The topological polar surface area (TPSA) is 62.3 Å². The van der Waals surface area contributed by atoms with Crippen LogP contribution >= 0.6 is 11.3 Å². The Morgan fingerprint density at radius 3 is 2.68 bits per heavy atom. The second-order valence-corrected chi connectivity index (χ2v) is 9.36. The summed E-state index contributed by atoms with van der Waals surface area (Å²) in [6, 6.07) is 15.2. The number of benzene rings is 1. The number of nitrogens with zero attached hydrogens (tertiary/aromatic N) is 2. The van der Waals surface area contributed by atoms with Gasteiger partial charge in [-0.25, -0.2) is 4.98 Å². The number of nitrogens with one attached hydrogen (secondary N) is 1. The zero-order valence-electron chi connectivity index (χ0n) is 17.5. The molecule has 0 bridgehead atoms. The van der Waals surface area contributed by atoms with Crippen molar-refractivity contribution >= 4 is 29.0 Å². The van der Waals surface area contributed by atoms with Gasteiger partial charge in [-0.2, -0.15) is 0 Å². The molecule has 2 amide bonds. The SMILES string of the molecule is Cc1ccnc(NC(=O)C2c3ccccc3C(=O)N(C3CCCC3)C2c2cccs2)c1. The third-order valence-corrected chi connectivity index (χ3v) is 7.32. The summed E-state index contributed by atoms with van der Waals surface area (Å²) in [7, 11) is 0. The van der Waals surface area contributed by atoms with Crippen LogP contribution in [0.2, 0.25) is 0 Å². The Labute approximate surface area is 186 Å². The molecule has 0 radical (unpaired) electrons. The van der Waals surface area contributed by atoms with Crippen molar-refractivity contribution in [3.8, 4) is 0 Å². The van der Waals surface area contributed by atoms with E-state index in [0.717, 1.165) is 41.7 Å². The van der Waals surface area contributed by atoms with Gasteiger partial charge < -0.3 is 10.2 Å². The third-order valence-electron chi connectivity index (χ3n) is 6.38. The highest BCUT2D eigenvalue weighted by atomic mass is 32.1. The second kappa shape index (κ2) is 8.27. The van der Waals surface area contributed by atoms with Gasteiger partial charge in [-0.3, -0.25) is 9.59 Å². The van der Waals surface area contributed by atoms with Gasteiger partial charge in [-0.05, 0) is 60.5 Å². The van der Waals surface area contributed by atoms with E-state index in [9.17, 15) is 9.59 Å². The Morgan fingerprint density at radius 2 is 1.94 bits per heavy atom. The predicted molar refractivity (Wildman–Crippen MR) is 122 cm³/mol. The van der Waals surface area contributed by atoms with Crippen LogP contribution in [0, 0.1) is 6.92 Å². The number of carbonyl (C=O) groups is 2. The molecular formula is C25H25N3O2S. The summed E-state index contributed by atoms with van der Waals surface area (Å²) in [5.74, 6) is -0.0368. The number of thiophene rings is 1. The number of hydrogen-bond donors (Lipinski definition) is 1. The lowest BCUT2D eigenvalue weighted by Gasteiger charge is -2.44. The van der Waals surface area contributed by atoms with E-state index >= 15 is 0 Å². The van der Waals surface area contributed by atoms with E-state index in [-0.39, 0.29) is 23.9 Å². The summed E-state index contributed by atoms with van der Waals surface area (Å²) in [5.41, 5.74) is 2.47. The van der Waals surface area contributed by atoms with Crippen molar-refractivity contribution in [3.05, 3.63) is 81.7 Å². The van der Waals surface area contributed by atoms with Crippen LogP contribution in [0.4, 0.5) is 5.82 Å². The van der Waals surface area contributed by atoms with Gasteiger partial charge in [-0.15, -0.1) is 11.3 Å². The van der Waals surface area contributed by atoms with Gasteiger partial charge in [0.05, 0.1) is 12.0 Å². The first-order chi connectivity index (χ1) is 15.1. The largest absolute Gasteiger partial charge is 0.327 e. The van der Waals surface area contributed by atoms with Crippen molar-refractivity contribution in [2.24, 2.45) is 0 Å². The number of fused-ring (bicyclic) bond motifs is 1.